The molecule has 0 radical (unpaired) electrons. The van der Waals surface area contributed by atoms with E-state index in [1.165, 1.54) is 4.90 Å². The Hall–Kier alpha value is -2.78. The van der Waals surface area contributed by atoms with Crippen LogP contribution in [0.2, 0.25) is 5.02 Å². The third-order valence-corrected chi connectivity index (χ3v) is 6.80. The van der Waals surface area contributed by atoms with Crippen LogP contribution in [-0.2, 0) is 26.2 Å². The highest BCUT2D eigenvalue weighted by atomic mass is 35.5. The Morgan fingerprint density at radius 2 is 1.74 bits per heavy atom. The van der Waals surface area contributed by atoms with Crippen LogP contribution in [0.1, 0.15) is 38.3 Å². The predicted octanol–water partition coefficient (Wildman–Crippen LogP) is 3.76. The lowest BCUT2D eigenvalue weighted by Crippen LogP contribution is -2.53. The number of amides is 2. The second kappa shape index (κ2) is 12.3. The van der Waals surface area contributed by atoms with Crippen molar-refractivity contribution in [1.82, 2.24) is 10.2 Å². The van der Waals surface area contributed by atoms with Gasteiger partial charge in [-0.25, -0.2) is 8.42 Å². The lowest BCUT2D eigenvalue weighted by atomic mass is 10.1. The normalized spacial score (nSPS) is 12.2. The van der Waals surface area contributed by atoms with Crippen LogP contribution in [0.4, 0.5) is 5.69 Å². The third-order valence-electron chi connectivity index (χ3n) is 5.44. The van der Waals surface area contributed by atoms with Crippen molar-refractivity contribution < 1.29 is 22.7 Å². The van der Waals surface area contributed by atoms with Crippen LogP contribution in [0.5, 0.6) is 5.75 Å². The number of methoxy groups -OCH3 is 1. The molecule has 2 aromatic rings. The molecular weight excluding hydrogens is 490 g/mol. The predicted molar refractivity (Wildman–Crippen MR) is 139 cm³/mol. The molecule has 0 aromatic heterocycles. The van der Waals surface area contributed by atoms with Crippen molar-refractivity contribution in [2.75, 3.05) is 24.2 Å². The number of rotatable bonds is 11. The van der Waals surface area contributed by atoms with Crippen LogP contribution in [0.25, 0.3) is 0 Å². The van der Waals surface area contributed by atoms with Gasteiger partial charge < -0.3 is 15.0 Å². The van der Waals surface area contributed by atoms with Gasteiger partial charge in [-0.1, -0.05) is 30.7 Å². The van der Waals surface area contributed by atoms with Crippen molar-refractivity contribution in [3.8, 4) is 5.75 Å². The molecule has 2 amide bonds. The Balaban J connectivity index is 2.46. The molecule has 1 N–H and O–H groups in total. The summed E-state index contributed by atoms with van der Waals surface area (Å²) in [5.41, 5.74) is 1.75. The van der Waals surface area contributed by atoms with Crippen molar-refractivity contribution in [3.63, 3.8) is 0 Å². The fraction of sp³-hybridized carbons (Fsp3) is 0.440. The Bertz CT molecular complexity index is 1140. The van der Waals surface area contributed by atoms with E-state index in [0.717, 1.165) is 16.1 Å². The lowest BCUT2D eigenvalue weighted by Gasteiger charge is -2.33. The fourth-order valence-electron chi connectivity index (χ4n) is 3.72. The van der Waals surface area contributed by atoms with Gasteiger partial charge in [0.15, 0.2) is 0 Å². The van der Waals surface area contributed by atoms with Crippen LogP contribution in [-0.4, -0.2) is 57.1 Å². The Morgan fingerprint density at radius 1 is 1.11 bits per heavy atom. The molecule has 1 atom stereocenters. The number of nitrogens with one attached hydrogen (secondary N) is 1. The van der Waals surface area contributed by atoms with Gasteiger partial charge in [0.05, 0.1) is 19.1 Å². The van der Waals surface area contributed by atoms with Gasteiger partial charge in [0.2, 0.25) is 21.8 Å². The molecule has 0 aliphatic carbocycles. The summed E-state index contributed by atoms with van der Waals surface area (Å²) in [5.74, 6) is -0.123. The first-order chi connectivity index (χ1) is 16.4. The number of aryl methyl sites for hydroxylation is 1. The van der Waals surface area contributed by atoms with Gasteiger partial charge in [-0.3, -0.25) is 13.9 Å². The maximum atomic E-state index is 13.7. The van der Waals surface area contributed by atoms with Crippen LogP contribution in [0.15, 0.2) is 42.5 Å². The van der Waals surface area contributed by atoms with Crippen molar-refractivity contribution in [2.45, 2.75) is 52.7 Å². The zero-order chi connectivity index (χ0) is 26.3. The number of sulfonamides is 1. The van der Waals surface area contributed by atoms with Gasteiger partial charge in [-0.2, -0.15) is 0 Å². The van der Waals surface area contributed by atoms with Gasteiger partial charge in [0.1, 0.15) is 18.3 Å². The van der Waals surface area contributed by atoms with E-state index in [0.29, 0.717) is 28.4 Å². The molecule has 2 aromatic carbocycles. The molecule has 192 valence electrons. The highest BCUT2D eigenvalue weighted by molar-refractivity contribution is 7.92. The molecular formula is C25H34ClN3O5S. The molecule has 0 unspecified atom stereocenters. The first-order valence-electron chi connectivity index (χ1n) is 11.3. The molecule has 0 heterocycles. The second-order valence-electron chi connectivity index (χ2n) is 8.66. The standard InChI is InChI=1S/C25H34ClN3O5S/c1-7-22(25(31)27-17(2)3)28(15-19-8-11-21(34-5)12-9-19)24(30)16-29(35(6,32)33)23-13-10-20(26)14-18(23)4/h8-14,17,22H,7,15-16H2,1-6H3,(H,27,31)/t22-/m0/s1. The Morgan fingerprint density at radius 3 is 2.23 bits per heavy atom. The van der Waals surface area contributed by atoms with Crippen LogP contribution in [0, 0.1) is 6.92 Å². The van der Waals surface area contributed by atoms with E-state index in [-0.39, 0.29) is 18.5 Å². The third kappa shape index (κ3) is 7.86. The summed E-state index contributed by atoms with van der Waals surface area (Å²) >= 11 is 6.04. The zero-order valence-electron chi connectivity index (χ0n) is 21.0. The van der Waals surface area contributed by atoms with Crippen LogP contribution < -0.4 is 14.4 Å². The van der Waals surface area contributed by atoms with E-state index >= 15 is 0 Å². The quantitative estimate of drug-likeness (QED) is 0.484. The zero-order valence-corrected chi connectivity index (χ0v) is 22.6. The molecule has 10 heteroatoms. The maximum absolute atomic E-state index is 13.7. The minimum absolute atomic E-state index is 0.112. The number of ether oxygens (including phenoxy) is 1. The Labute approximate surface area is 213 Å². The summed E-state index contributed by atoms with van der Waals surface area (Å²) in [5, 5.41) is 3.33. The van der Waals surface area contributed by atoms with E-state index in [2.05, 4.69) is 5.32 Å². The van der Waals surface area contributed by atoms with E-state index in [4.69, 9.17) is 16.3 Å². The smallest absolute Gasteiger partial charge is 0.244 e. The highest BCUT2D eigenvalue weighted by Crippen LogP contribution is 2.26. The van der Waals surface area contributed by atoms with Crippen LogP contribution in [0.3, 0.4) is 0 Å². The van der Waals surface area contributed by atoms with Crippen molar-refractivity contribution in [3.05, 3.63) is 58.6 Å². The summed E-state index contributed by atoms with van der Waals surface area (Å²) in [6.45, 7) is 6.90. The van der Waals surface area contributed by atoms with Gasteiger partial charge in [0.25, 0.3) is 0 Å². The summed E-state index contributed by atoms with van der Waals surface area (Å²) < 4.78 is 31.7. The van der Waals surface area contributed by atoms with Crippen molar-refractivity contribution >= 4 is 39.1 Å². The number of hydrogen-bond acceptors (Lipinski definition) is 5. The molecule has 35 heavy (non-hydrogen) atoms. The average molecular weight is 524 g/mol. The summed E-state index contributed by atoms with van der Waals surface area (Å²) in [4.78, 5) is 28.1. The number of nitrogens with zero attached hydrogens (tertiary/aromatic N) is 2. The van der Waals surface area contributed by atoms with Crippen LogP contribution >= 0.6 is 11.6 Å². The Kier molecular flexibility index (Phi) is 9.97. The number of hydrogen-bond donors (Lipinski definition) is 1. The molecule has 0 saturated carbocycles. The number of carbonyl (C=O) groups excluding carboxylic acids is 2. The number of benzene rings is 2. The van der Waals surface area contributed by atoms with E-state index in [1.54, 1.807) is 44.4 Å². The first-order valence-corrected chi connectivity index (χ1v) is 13.6. The monoisotopic (exact) mass is 523 g/mol. The largest absolute Gasteiger partial charge is 0.497 e. The van der Waals surface area contributed by atoms with E-state index in [1.807, 2.05) is 32.9 Å². The minimum atomic E-state index is -3.81. The topological polar surface area (TPSA) is 96.0 Å². The molecule has 8 nitrogen and oxygen atoms in total. The highest BCUT2D eigenvalue weighted by Gasteiger charge is 2.32. The molecule has 0 fully saturated rings. The second-order valence-corrected chi connectivity index (χ2v) is 11.0. The van der Waals surface area contributed by atoms with Crippen molar-refractivity contribution in [1.29, 1.82) is 0 Å². The lowest BCUT2D eigenvalue weighted by molar-refractivity contribution is -0.140. The first kappa shape index (κ1) is 28.5. The van der Waals surface area contributed by atoms with Crippen molar-refractivity contribution in [2.24, 2.45) is 0 Å². The van der Waals surface area contributed by atoms with E-state index < -0.39 is 28.5 Å². The molecule has 0 aliphatic rings. The van der Waals surface area contributed by atoms with Gasteiger partial charge in [0, 0.05) is 17.6 Å². The van der Waals surface area contributed by atoms with E-state index in [9.17, 15) is 18.0 Å². The molecule has 2 rings (SSSR count). The summed E-state index contributed by atoms with van der Waals surface area (Å²) in [6.07, 6.45) is 1.41. The molecule has 0 spiro atoms. The van der Waals surface area contributed by atoms with Gasteiger partial charge in [-0.05, 0) is 68.7 Å². The molecule has 0 saturated heterocycles. The fourth-order valence-corrected chi connectivity index (χ4v) is 4.86. The number of halogens is 1. The SMILES string of the molecule is CC[C@@H](C(=O)NC(C)C)N(Cc1ccc(OC)cc1)C(=O)CN(c1ccc(Cl)cc1C)S(C)(=O)=O. The number of anilines is 1. The van der Waals surface area contributed by atoms with Gasteiger partial charge >= 0.3 is 0 Å². The number of carbonyl (C=O) groups is 2. The minimum Gasteiger partial charge on any atom is -0.497 e. The summed E-state index contributed by atoms with van der Waals surface area (Å²) in [7, 11) is -2.25. The summed E-state index contributed by atoms with van der Waals surface area (Å²) in [6, 6.07) is 11.1. The average Bonchev–Trinajstić information content (AvgIpc) is 2.77. The molecule has 0 aliphatic heterocycles. The van der Waals surface area contributed by atoms with Gasteiger partial charge in [-0.15, -0.1) is 0 Å². The maximum Gasteiger partial charge on any atom is 0.244 e. The molecule has 0 bridgehead atoms.